The van der Waals surface area contributed by atoms with Crippen LogP contribution in [0.15, 0.2) is 72.3 Å². The van der Waals surface area contributed by atoms with Crippen molar-refractivity contribution < 1.29 is 19.4 Å². The summed E-state index contributed by atoms with van der Waals surface area (Å²) in [5.41, 5.74) is 3.46. The lowest BCUT2D eigenvalue weighted by atomic mass is 10.1. The fourth-order valence-corrected chi connectivity index (χ4v) is 2.45. The summed E-state index contributed by atoms with van der Waals surface area (Å²) in [7, 11) is 3.24. The Balaban J connectivity index is 2.04. The van der Waals surface area contributed by atoms with Crippen molar-refractivity contribution in [1.29, 1.82) is 0 Å². The minimum absolute atomic E-state index is 0.156. The summed E-state index contributed by atoms with van der Waals surface area (Å²) in [6.07, 6.45) is 7.22. The number of hydrogen-bond donors (Lipinski definition) is 2. The molecule has 0 heterocycles. The molecule has 0 bridgehead atoms. The van der Waals surface area contributed by atoms with Gasteiger partial charge in [0.05, 0.1) is 14.2 Å². The maximum absolute atomic E-state index is 12.0. The monoisotopic (exact) mass is 379 g/mol. The Labute approximate surface area is 165 Å². The fourth-order valence-electron chi connectivity index (χ4n) is 2.45. The first-order valence-electron chi connectivity index (χ1n) is 8.78. The normalized spacial score (nSPS) is 12.1. The summed E-state index contributed by atoms with van der Waals surface area (Å²) in [6, 6.07) is 12.0. The van der Waals surface area contributed by atoms with Gasteiger partial charge in [-0.25, -0.2) is 0 Å². The molecule has 28 heavy (non-hydrogen) atoms. The number of phenolic OH excluding ortho intramolecular Hbond substituents is 1. The number of allylic oxidation sites excluding steroid dienone is 5. The molecule has 0 aromatic heterocycles. The Bertz CT molecular complexity index is 886. The lowest BCUT2D eigenvalue weighted by Gasteiger charge is -2.08. The largest absolute Gasteiger partial charge is 0.508 e. The van der Waals surface area contributed by atoms with E-state index in [0.717, 1.165) is 28.2 Å². The Morgan fingerprint density at radius 2 is 1.61 bits per heavy atom. The summed E-state index contributed by atoms with van der Waals surface area (Å²) >= 11 is 0. The van der Waals surface area contributed by atoms with E-state index in [-0.39, 0.29) is 11.7 Å². The van der Waals surface area contributed by atoms with Crippen LogP contribution in [0.2, 0.25) is 0 Å². The molecule has 0 unspecified atom stereocenters. The molecule has 0 aliphatic carbocycles. The van der Waals surface area contributed by atoms with Gasteiger partial charge in [0.15, 0.2) is 0 Å². The second kappa shape index (κ2) is 10.0. The van der Waals surface area contributed by atoms with Crippen molar-refractivity contribution >= 4 is 17.2 Å². The van der Waals surface area contributed by atoms with E-state index in [0.29, 0.717) is 5.69 Å². The minimum Gasteiger partial charge on any atom is -0.508 e. The zero-order valence-electron chi connectivity index (χ0n) is 16.5. The zero-order valence-corrected chi connectivity index (χ0v) is 16.5. The van der Waals surface area contributed by atoms with Gasteiger partial charge in [-0.1, -0.05) is 18.2 Å². The molecule has 0 saturated carbocycles. The number of amides is 1. The lowest BCUT2D eigenvalue weighted by molar-refractivity contribution is -0.111. The van der Waals surface area contributed by atoms with Crippen LogP contribution in [0.3, 0.4) is 0 Å². The smallest absolute Gasteiger partial charge is 0.248 e. The first-order valence-corrected chi connectivity index (χ1v) is 8.78. The van der Waals surface area contributed by atoms with E-state index in [1.807, 2.05) is 50.3 Å². The molecule has 0 saturated heterocycles. The molecule has 0 radical (unpaired) electrons. The van der Waals surface area contributed by atoms with Crippen molar-refractivity contribution in [2.45, 2.75) is 13.8 Å². The number of methoxy groups -OCH3 is 2. The molecule has 5 nitrogen and oxygen atoms in total. The van der Waals surface area contributed by atoms with Crippen LogP contribution in [-0.4, -0.2) is 25.2 Å². The SMILES string of the molecule is COc1cc(OC)cc(\C(C)=C/C=C/C(C)=C/C(=O)Nc2ccc(O)cc2)c1. The van der Waals surface area contributed by atoms with E-state index < -0.39 is 0 Å². The van der Waals surface area contributed by atoms with Crippen LogP contribution in [-0.2, 0) is 4.79 Å². The van der Waals surface area contributed by atoms with Gasteiger partial charge in [-0.05, 0) is 67.0 Å². The van der Waals surface area contributed by atoms with Gasteiger partial charge in [-0.2, -0.15) is 0 Å². The van der Waals surface area contributed by atoms with E-state index in [1.165, 1.54) is 18.2 Å². The average molecular weight is 379 g/mol. The quantitative estimate of drug-likeness (QED) is 0.406. The summed E-state index contributed by atoms with van der Waals surface area (Å²) < 4.78 is 10.6. The zero-order chi connectivity index (χ0) is 20.5. The molecule has 1 amide bonds. The van der Waals surface area contributed by atoms with Crippen LogP contribution in [0.1, 0.15) is 19.4 Å². The molecule has 5 heteroatoms. The predicted molar refractivity (Wildman–Crippen MR) is 113 cm³/mol. The summed E-state index contributed by atoms with van der Waals surface area (Å²) in [6.45, 7) is 3.85. The number of ether oxygens (including phenoxy) is 2. The molecule has 0 spiro atoms. The van der Waals surface area contributed by atoms with E-state index in [4.69, 9.17) is 9.47 Å². The van der Waals surface area contributed by atoms with Gasteiger partial charge in [0, 0.05) is 17.8 Å². The van der Waals surface area contributed by atoms with Crippen LogP contribution >= 0.6 is 0 Å². The summed E-state index contributed by atoms with van der Waals surface area (Å²) in [5, 5.41) is 12.0. The van der Waals surface area contributed by atoms with Gasteiger partial charge < -0.3 is 19.9 Å². The fraction of sp³-hybridized carbons (Fsp3) is 0.174. The van der Waals surface area contributed by atoms with E-state index in [1.54, 1.807) is 26.4 Å². The maximum atomic E-state index is 12.0. The number of phenols is 1. The number of nitrogens with one attached hydrogen (secondary N) is 1. The highest BCUT2D eigenvalue weighted by molar-refractivity contribution is 6.00. The third kappa shape index (κ3) is 6.36. The number of benzene rings is 2. The Morgan fingerprint density at radius 3 is 2.18 bits per heavy atom. The van der Waals surface area contributed by atoms with Crippen LogP contribution < -0.4 is 14.8 Å². The topological polar surface area (TPSA) is 67.8 Å². The second-order valence-corrected chi connectivity index (χ2v) is 6.23. The number of carbonyl (C=O) groups is 1. The minimum atomic E-state index is -0.230. The third-order valence-electron chi connectivity index (χ3n) is 4.01. The molecule has 0 aliphatic heterocycles. The molecule has 2 N–H and O–H groups in total. The number of carbonyl (C=O) groups excluding carboxylic acids is 1. The van der Waals surface area contributed by atoms with Gasteiger partial charge in [-0.15, -0.1) is 0 Å². The standard InChI is InChI=1S/C23H25NO4/c1-16(12-23(26)24-19-8-10-20(25)11-9-19)6-5-7-17(2)18-13-21(27-3)15-22(14-18)28-4/h5-15,25H,1-4H3,(H,24,26)/b6-5+,16-12+,17-7-. The number of rotatable bonds is 7. The molecular weight excluding hydrogens is 354 g/mol. The van der Waals surface area contributed by atoms with Crippen molar-refractivity contribution in [2.24, 2.45) is 0 Å². The molecule has 0 fully saturated rings. The first kappa shape index (κ1) is 20.8. The molecule has 2 aromatic rings. The second-order valence-electron chi connectivity index (χ2n) is 6.23. The van der Waals surface area contributed by atoms with Crippen LogP contribution in [0.5, 0.6) is 17.2 Å². The molecule has 2 rings (SSSR count). The van der Waals surface area contributed by atoms with Crippen molar-refractivity contribution in [2.75, 3.05) is 19.5 Å². The van der Waals surface area contributed by atoms with E-state index >= 15 is 0 Å². The van der Waals surface area contributed by atoms with Crippen molar-refractivity contribution in [1.82, 2.24) is 0 Å². The third-order valence-corrected chi connectivity index (χ3v) is 4.01. The highest BCUT2D eigenvalue weighted by atomic mass is 16.5. The lowest BCUT2D eigenvalue weighted by Crippen LogP contribution is -2.08. The highest BCUT2D eigenvalue weighted by Crippen LogP contribution is 2.26. The molecule has 2 aromatic carbocycles. The van der Waals surface area contributed by atoms with Gasteiger partial charge >= 0.3 is 0 Å². The van der Waals surface area contributed by atoms with Crippen molar-refractivity contribution in [3.05, 3.63) is 77.9 Å². The summed E-state index contributed by atoms with van der Waals surface area (Å²) in [5.74, 6) is 1.38. The molecular formula is C23H25NO4. The number of hydrogen-bond acceptors (Lipinski definition) is 4. The van der Waals surface area contributed by atoms with Gasteiger partial charge in [-0.3, -0.25) is 4.79 Å². The van der Waals surface area contributed by atoms with Gasteiger partial charge in [0.1, 0.15) is 17.2 Å². The van der Waals surface area contributed by atoms with Crippen LogP contribution in [0.4, 0.5) is 5.69 Å². The Hall–Kier alpha value is -3.47. The average Bonchev–Trinajstić information content (AvgIpc) is 2.69. The number of aromatic hydroxyl groups is 1. The van der Waals surface area contributed by atoms with E-state index in [9.17, 15) is 9.90 Å². The van der Waals surface area contributed by atoms with Gasteiger partial charge in [0.25, 0.3) is 0 Å². The van der Waals surface area contributed by atoms with Crippen molar-refractivity contribution in [3.63, 3.8) is 0 Å². The van der Waals surface area contributed by atoms with Crippen LogP contribution in [0.25, 0.3) is 5.57 Å². The molecule has 146 valence electrons. The number of anilines is 1. The first-order chi connectivity index (χ1) is 13.4. The maximum Gasteiger partial charge on any atom is 0.248 e. The predicted octanol–water partition coefficient (Wildman–Crippen LogP) is 4.95. The Morgan fingerprint density at radius 1 is 1.00 bits per heavy atom. The van der Waals surface area contributed by atoms with E-state index in [2.05, 4.69) is 5.32 Å². The van der Waals surface area contributed by atoms with Crippen LogP contribution in [0, 0.1) is 0 Å². The molecule has 0 aliphatic rings. The highest BCUT2D eigenvalue weighted by Gasteiger charge is 2.03. The van der Waals surface area contributed by atoms with Gasteiger partial charge in [0.2, 0.25) is 5.91 Å². The Kier molecular flexibility index (Phi) is 7.45. The molecule has 0 atom stereocenters. The summed E-state index contributed by atoms with van der Waals surface area (Å²) in [4.78, 5) is 12.0. The van der Waals surface area contributed by atoms with Crippen molar-refractivity contribution in [3.8, 4) is 17.2 Å².